The first-order chi connectivity index (χ1) is 11.0. The van der Waals surface area contributed by atoms with Crippen molar-refractivity contribution in [3.63, 3.8) is 0 Å². The van der Waals surface area contributed by atoms with E-state index in [0.717, 1.165) is 0 Å². The molecule has 2 rings (SSSR count). The number of hydrogen-bond donors (Lipinski definition) is 2. The van der Waals surface area contributed by atoms with Gasteiger partial charge in [-0.05, 0) is 42.5 Å². The number of carbonyl (C=O) groups excluding carboxylic acids is 2. The van der Waals surface area contributed by atoms with Gasteiger partial charge in [0.15, 0.2) is 5.96 Å². The van der Waals surface area contributed by atoms with Crippen LogP contribution in [0.2, 0.25) is 0 Å². The number of esters is 2. The van der Waals surface area contributed by atoms with Crippen LogP contribution < -0.4 is 16.2 Å². The Morgan fingerprint density at radius 3 is 2.21 bits per heavy atom. The van der Waals surface area contributed by atoms with Crippen molar-refractivity contribution in [1.29, 1.82) is 0 Å². The van der Waals surface area contributed by atoms with Crippen molar-refractivity contribution in [1.82, 2.24) is 0 Å². The Balaban J connectivity index is 0.00000288. The summed E-state index contributed by atoms with van der Waals surface area (Å²) in [7, 11) is 1.28. The highest BCUT2D eigenvalue weighted by Gasteiger charge is 2.11. The van der Waals surface area contributed by atoms with E-state index in [9.17, 15) is 9.59 Å². The standard InChI is InChI=1S/C16H15N3O4.ClH/c1-22-14(20)11-3-2-4-13(9-11)23-15(21)10-5-7-12(8-6-10)19-16(17)18;/h2-9H,1H3,(H4,17,18,19);1H. The Morgan fingerprint density at radius 1 is 0.958 bits per heavy atom. The molecule has 2 aromatic rings. The minimum Gasteiger partial charge on any atom is -0.465 e. The molecule has 0 aromatic heterocycles. The molecule has 0 saturated carbocycles. The summed E-state index contributed by atoms with van der Waals surface area (Å²) in [6.07, 6.45) is 0. The lowest BCUT2D eigenvalue weighted by molar-refractivity contribution is 0.0597. The molecule has 4 N–H and O–H groups in total. The third kappa shape index (κ3) is 4.99. The van der Waals surface area contributed by atoms with Crippen LogP contribution in [-0.2, 0) is 4.74 Å². The maximum Gasteiger partial charge on any atom is 0.343 e. The summed E-state index contributed by atoms with van der Waals surface area (Å²) in [6.45, 7) is 0. The van der Waals surface area contributed by atoms with E-state index in [1.165, 1.54) is 25.3 Å². The first-order valence-electron chi connectivity index (χ1n) is 6.60. The molecule has 0 unspecified atom stereocenters. The SMILES string of the molecule is COC(=O)c1cccc(OC(=O)c2ccc(N=C(N)N)cc2)c1.Cl. The second-order valence-electron chi connectivity index (χ2n) is 4.49. The van der Waals surface area contributed by atoms with Gasteiger partial charge >= 0.3 is 11.9 Å². The summed E-state index contributed by atoms with van der Waals surface area (Å²) < 4.78 is 9.84. The highest BCUT2D eigenvalue weighted by molar-refractivity contribution is 5.93. The maximum atomic E-state index is 12.1. The van der Waals surface area contributed by atoms with E-state index in [4.69, 9.17) is 16.2 Å². The first kappa shape index (κ1) is 19.0. The fourth-order valence-electron chi connectivity index (χ4n) is 1.79. The van der Waals surface area contributed by atoms with Crippen LogP contribution in [0.5, 0.6) is 5.75 Å². The molecule has 0 radical (unpaired) electrons. The fraction of sp³-hybridized carbons (Fsp3) is 0.0625. The maximum absolute atomic E-state index is 12.1. The number of benzene rings is 2. The van der Waals surface area contributed by atoms with Crippen LogP contribution >= 0.6 is 12.4 Å². The molecule has 0 saturated heterocycles. The minimum absolute atomic E-state index is 0. The Labute approximate surface area is 144 Å². The van der Waals surface area contributed by atoms with E-state index in [-0.39, 0.29) is 24.1 Å². The molecular formula is C16H16ClN3O4. The number of nitrogens with zero attached hydrogens (tertiary/aromatic N) is 1. The molecular weight excluding hydrogens is 334 g/mol. The van der Waals surface area contributed by atoms with E-state index < -0.39 is 11.9 Å². The number of halogens is 1. The molecule has 24 heavy (non-hydrogen) atoms. The highest BCUT2D eigenvalue weighted by Crippen LogP contribution is 2.17. The predicted octanol–water partition coefficient (Wildman–Crippen LogP) is 2.02. The summed E-state index contributed by atoms with van der Waals surface area (Å²) in [5, 5.41) is 0. The summed E-state index contributed by atoms with van der Waals surface area (Å²) in [5.41, 5.74) is 11.7. The summed E-state index contributed by atoms with van der Waals surface area (Å²) in [6, 6.07) is 12.4. The molecule has 0 amide bonds. The Morgan fingerprint density at radius 2 is 1.62 bits per heavy atom. The quantitative estimate of drug-likeness (QED) is 0.377. The van der Waals surface area contributed by atoms with Crippen molar-refractivity contribution in [2.45, 2.75) is 0 Å². The Bertz CT molecular complexity index is 756. The number of hydrogen-bond acceptors (Lipinski definition) is 5. The molecule has 7 nitrogen and oxygen atoms in total. The van der Waals surface area contributed by atoms with E-state index in [1.54, 1.807) is 30.3 Å². The van der Waals surface area contributed by atoms with Gasteiger partial charge in [-0.2, -0.15) is 0 Å². The van der Waals surface area contributed by atoms with Crippen LogP contribution in [0.3, 0.4) is 0 Å². The zero-order valence-electron chi connectivity index (χ0n) is 12.8. The molecule has 0 atom stereocenters. The number of nitrogens with two attached hydrogens (primary N) is 2. The van der Waals surface area contributed by atoms with Gasteiger partial charge in [0.1, 0.15) is 5.75 Å². The van der Waals surface area contributed by atoms with Gasteiger partial charge in [-0.1, -0.05) is 6.07 Å². The largest absolute Gasteiger partial charge is 0.465 e. The van der Waals surface area contributed by atoms with Gasteiger partial charge in [0.2, 0.25) is 0 Å². The zero-order chi connectivity index (χ0) is 16.8. The average Bonchev–Trinajstić information content (AvgIpc) is 2.54. The van der Waals surface area contributed by atoms with Crippen LogP contribution in [0.15, 0.2) is 53.5 Å². The van der Waals surface area contributed by atoms with Crippen LogP contribution in [0.4, 0.5) is 5.69 Å². The number of carbonyl (C=O) groups is 2. The van der Waals surface area contributed by atoms with E-state index in [2.05, 4.69) is 9.73 Å². The topological polar surface area (TPSA) is 117 Å². The number of methoxy groups -OCH3 is 1. The van der Waals surface area contributed by atoms with Crippen LogP contribution in [0.25, 0.3) is 0 Å². The lowest BCUT2D eigenvalue weighted by Gasteiger charge is -2.06. The normalized spacial score (nSPS) is 9.38. The lowest BCUT2D eigenvalue weighted by atomic mass is 10.2. The predicted molar refractivity (Wildman–Crippen MR) is 91.9 cm³/mol. The van der Waals surface area contributed by atoms with E-state index >= 15 is 0 Å². The van der Waals surface area contributed by atoms with Gasteiger partial charge < -0.3 is 20.9 Å². The molecule has 0 aliphatic carbocycles. The lowest BCUT2D eigenvalue weighted by Crippen LogP contribution is -2.21. The molecule has 0 aliphatic heterocycles. The van der Waals surface area contributed by atoms with Gasteiger partial charge in [-0.25, -0.2) is 14.6 Å². The molecule has 0 bridgehead atoms. The van der Waals surface area contributed by atoms with Gasteiger partial charge in [-0.3, -0.25) is 0 Å². The number of aliphatic imine (C=N–C) groups is 1. The van der Waals surface area contributed by atoms with Crippen molar-refractivity contribution in [3.8, 4) is 5.75 Å². The van der Waals surface area contributed by atoms with Gasteiger partial charge in [0.05, 0.1) is 23.9 Å². The van der Waals surface area contributed by atoms with Crippen LogP contribution in [0, 0.1) is 0 Å². The van der Waals surface area contributed by atoms with Crippen LogP contribution in [-0.4, -0.2) is 25.0 Å². The van der Waals surface area contributed by atoms with Crippen molar-refractivity contribution >= 4 is 36.0 Å². The van der Waals surface area contributed by atoms with Crippen molar-refractivity contribution in [2.24, 2.45) is 16.5 Å². The summed E-state index contributed by atoms with van der Waals surface area (Å²) in [5.74, 6) is -0.904. The molecule has 0 heterocycles. The van der Waals surface area contributed by atoms with E-state index in [0.29, 0.717) is 16.8 Å². The number of rotatable bonds is 4. The monoisotopic (exact) mass is 349 g/mol. The molecule has 0 fully saturated rings. The van der Waals surface area contributed by atoms with Gasteiger partial charge in [-0.15, -0.1) is 12.4 Å². The molecule has 0 spiro atoms. The summed E-state index contributed by atoms with van der Waals surface area (Å²) >= 11 is 0. The molecule has 2 aromatic carbocycles. The molecule has 0 aliphatic rings. The second-order valence-corrected chi connectivity index (χ2v) is 4.49. The molecule has 126 valence electrons. The van der Waals surface area contributed by atoms with Gasteiger partial charge in [0.25, 0.3) is 0 Å². The van der Waals surface area contributed by atoms with E-state index in [1.807, 2.05) is 0 Å². The van der Waals surface area contributed by atoms with Crippen molar-refractivity contribution < 1.29 is 19.1 Å². The fourth-order valence-corrected chi connectivity index (χ4v) is 1.79. The minimum atomic E-state index is -0.566. The first-order valence-corrected chi connectivity index (χ1v) is 6.60. The smallest absolute Gasteiger partial charge is 0.343 e. The molecule has 8 heteroatoms. The highest BCUT2D eigenvalue weighted by atomic mass is 35.5. The summed E-state index contributed by atoms with van der Waals surface area (Å²) in [4.78, 5) is 27.4. The zero-order valence-corrected chi connectivity index (χ0v) is 13.6. The van der Waals surface area contributed by atoms with Gasteiger partial charge in [0, 0.05) is 0 Å². The average molecular weight is 350 g/mol. The Kier molecular flexibility index (Phi) is 6.76. The Hall–Kier alpha value is -3.06. The number of ether oxygens (including phenoxy) is 2. The third-order valence-corrected chi connectivity index (χ3v) is 2.83. The second kappa shape index (κ2) is 8.54. The van der Waals surface area contributed by atoms with Crippen LogP contribution in [0.1, 0.15) is 20.7 Å². The number of guanidine groups is 1. The van der Waals surface area contributed by atoms with Crippen molar-refractivity contribution in [3.05, 3.63) is 59.7 Å². The van der Waals surface area contributed by atoms with Crippen molar-refractivity contribution in [2.75, 3.05) is 7.11 Å². The third-order valence-electron chi connectivity index (χ3n) is 2.83.